The van der Waals surface area contributed by atoms with Crippen molar-refractivity contribution in [3.05, 3.63) is 16.5 Å². The van der Waals surface area contributed by atoms with E-state index in [1.165, 1.54) is 12.8 Å². The van der Waals surface area contributed by atoms with E-state index in [-0.39, 0.29) is 0 Å². The molecule has 88 valence electrons. The van der Waals surface area contributed by atoms with E-state index >= 15 is 0 Å². The average molecular weight is 257 g/mol. The average Bonchev–Trinajstić information content (AvgIpc) is 3.03. The third-order valence-corrected chi connectivity index (χ3v) is 4.43. The predicted molar refractivity (Wildman–Crippen MR) is 69.3 cm³/mol. The third-order valence-electron chi connectivity index (χ3n) is 2.55. The van der Waals surface area contributed by atoms with Crippen LogP contribution in [-0.4, -0.2) is 15.7 Å². The quantitative estimate of drug-likeness (QED) is 0.600. The van der Waals surface area contributed by atoms with Gasteiger partial charge in [-0.25, -0.2) is 9.97 Å². The van der Waals surface area contributed by atoms with Gasteiger partial charge in [0.15, 0.2) is 0 Å². The summed E-state index contributed by atoms with van der Waals surface area (Å²) in [5, 5.41) is 1.69. The molecule has 1 aromatic heterocycles. The summed E-state index contributed by atoms with van der Waals surface area (Å²) in [6, 6.07) is 0. The fourth-order valence-electron chi connectivity index (χ4n) is 1.40. The normalized spacial score (nSPS) is 15.8. The van der Waals surface area contributed by atoms with Crippen LogP contribution in [0.3, 0.4) is 0 Å². The molecule has 1 aromatic rings. The number of thioether (sulfide) groups is 1. The summed E-state index contributed by atoms with van der Waals surface area (Å²) in [4.78, 5) is 9.00. The Bertz CT molecular complexity index is 389. The summed E-state index contributed by atoms with van der Waals surface area (Å²) in [5.74, 6) is 3.26. The lowest BCUT2D eigenvalue weighted by Crippen LogP contribution is -2.00. The fourth-order valence-corrected chi connectivity index (χ4v) is 2.59. The molecule has 0 amide bonds. The van der Waals surface area contributed by atoms with Crippen LogP contribution in [0.4, 0.5) is 0 Å². The molecule has 0 radical (unpaired) electrons. The Labute approximate surface area is 106 Å². The van der Waals surface area contributed by atoms with Gasteiger partial charge in [0.05, 0.1) is 0 Å². The second kappa shape index (κ2) is 4.92. The molecule has 1 aliphatic carbocycles. The zero-order valence-corrected chi connectivity index (χ0v) is 11.5. The van der Waals surface area contributed by atoms with E-state index in [2.05, 4.69) is 23.8 Å². The molecule has 0 saturated heterocycles. The van der Waals surface area contributed by atoms with E-state index in [9.17, 15) is 0 Å². The van der Waals surface area contributed by atoms with Gasteiger partial charge >= 0.3 is 0 Å². The molecule has 1 aliphatic rings. The Morgan fingerprint density at radius 2 is 2.06 bits per heavy atom. The molecule has 2 rings (SSSR count). The van der Waals surface area contributed by atoms with Crippen molar-refractivity contribution < 1.29 is 0 Å². The Balaban J connectivity index is 2.20. The van der Waals surface area contributed by atoms with Gasteiger partial charge < -0.3 is 0 Å². The largest absolute Gasteiger partial charge is 0.226 e. The molecule has 1 fully saturated rings. The molecule has 2 nitrogen and oxygen atoms in total. The van der Waals surface area contributed by atoms with Crippen LogP contribution in [0.1, 0.15) is 44.0 Å². The Hall–Kier alpha value is -0.280. The number of hydrogen-bond donors (Lipinski definition) is 0. The molecular formula is C12H17ClN2S. The SMILES string of the molecule is Cc1c(Cl)nc(C2CC2)nc1SCC(C)C. The lowest BCUT2D eigenvalue weighted by atomic mass is 10.3. The first-order chi connectivity index (χ1) is 7.58. The third kappa shape index (κ3) is 2.89. The summed E-state index contributed by atoms with van der Waals surface area (Å²) in [7, 11) is 0. The van der Waals surface area contributed by atoms with Crippen LogP contribution in [0.2, 0.25) is 5.15 Å². The lowest BCUT2D eigenvalue weighted by molar-refractivity contribution is 0.748. The minimum atomic E-state index is 0.566. The summed E-state index contributed by atoms with van der Waals surface area (Å²) >= 11 is 7.93. The molecule has 0 N–H and O–H groups in total. The lowest BCUT2D eigenvalue weighted by Gasteiger charge is -2.09. The second-order valence-corrected chi connectivity index (χ2v) is 6.15. The molecule has 1 heterocycles. The van der Waals surface area contributed by atoms with E-state index in [1.54, 1.807) is 11.8 Å². The van der Waals surface area contributed by atoms with E-state index < -0.39 is 0 Å². The molecule has 0 unspecified atom stereocenters. The van der Waals surface area contributed by atoms with Gasteiger partial charge in [-0.05, 0) is 25.7 Å². The molecule has 1 saturated carbocycles. The molecule has 0 aliphatic heterocycles. The highest BCUT2D eigenvalue weighted by atomic mass is 35.5. The molecule has 0 spiro atoms. The Kier molecular flexibility index (Phi) is 3.75. The number of halogens is 1. The molecule has 16 heavy (non-hydrogen) atoms. The van der Waals surface area contributed by atoms with Crippen molar-refractivity contribution in [1.29, 1.82) is 0 Å². The van der Waals surface area contributed by atoms with Crippen molar-refractivity contribution in [3.8, 4) is 0 Å². The maximum absolute atomic E-state index is 6.14. The standard InChI is InChI=1S/C12H17ClN2S/c1-7(2)6-16-12-8(3)10(13)14-11(15-12)9-4-5-9/h7,9H,4-6H2,1-3H3. The summed E-state index contributed by atoms with van der Waals surface area (Å²) < 4.78 is 0. The van der Waals surface area contributed by atoms with Gasteiger partial charge in [0, 0.05) is 17.2 Å². The Morgan fingerprint density at radius 1 is 1.38 bits per heavy atom. The minimum absolute atomic E-state index is 0.566. The van der Waals surface area contributed by atoms with Crippen molar-refractivity contribution in [2.45, 2.75) is 44.6 Å². The number of aromatic nitrogens is 2. The van der Waals surface area contributed by atoms with Crippen molar-refractivity contribution in [2.24, 2.45) is 5.92 Å². The molecule has 0 bridgehead atoms. The summed E-state index contributed by atoms with van der Waals surface area (Å²) in [5.41, 5.74) is 1.02. The first-order valence-electron chi connectivity index (χ1n) is 5.74. The number of hydrogen-bond acceptors (Lipinski definition) is 3. The van der Waals surface area contributed by atoms with Gasteiger partial charge in [0.1, 0.15) is 16.0 Å². The van der Waals surface area contributed by atoms with Crippen LogP contribution in [-0.2, 0) is 0 Å². The predicted octanol–water partition coefficient (Wildman–Crippen LogP) is 4.06. The van der Waals surface area contributed by atoms with E-state index in [0.717, 1.165) is 22.2 Å². The number of nitrogens with zero attached hydrogens (tertiary/aromatic N) is 2. The summed E-state index contributed by atoms with van der Waals surface area (Å²) in [6.45, 7) is 6.43. The van der Waals surface area contributed by atoms with Crippen LogP contribution >= 0.6 is 23.4 Å². The monoisotopic (exact) mass is 256 g/mol. The van der Waals surface area contributed by atoms with Gasteiger partial charge in [0.2, 0.25) is 0 Å². The van der Waals surface area contributed by atoms with Crippen LogP contribution in [0.15, 0.2) is 5.03 Å². The highest BCUT2D eigenvalue weighted by molar-refractivity contribution is 7.99. The minimum Gasteiger partial charge on any atom is -0.226 e. The van der Waals surface area contributed by atoms with Crippen molar-refractivity contribution >= 4 is 23.4 Å². The maximum atomic E-state index is 6.14. The zero-order valence-electron chi connectivity index (χ0n) is 9.96. The van der Waals surface area contributed by atoms with Gasteiger partial charge in [-0.2, -0.15) is 0 Å². The van der Waals surface area contributed by atoms with Crippen LogP contribution < -0.4 is 0 Å². The van der Waals surface area contributed by atoms with Crippen LogP contribution in [0.25, 0.3) is 0 Å². The van der Waals surface area contributed by atoms with Crippen molar-refractivity contribution in [3.63, 3.8) is 0 Å². The topological polar surface area (TPSA) is 25.8 Å². The molecule has 0 atom stereocenters. The summed E-state index contributed by atoms with van der Waals surface area (Å²) in [6.07, 6.45) is 2.43. The van der Waals surface area contributed by atoms with E-state index in [1.807, 2.05) is 6.92 Å². The first-order valence-corrected chi connectivity index (χ1v) is 7.11. The van der Waals surface area contributed by atoms with Gasteiger partial charge in [0.25, 0.3) is 0 Å². The number of rotatable bonds is 4. The highest BCUT2D eigenvalue weighted by Gasteiger charge is 2.28. The van der Waals surface area contributed by atoms with Crippen molar-refractivity contribution in [1.82, 2.24) is 9.97 Å². The van der Waals surface area contributed by atoms with Crippen molar-refractivity contribution in [2.75, 3.05) is 5.75 Å². The Morgan fingerprint density at radius 3 is 2.62 bits per heavy atom. The smallest absolute Gasteiger partial charge is 0.136 e. The zero-order chi connectivity index (χ0) is 11.7. The maximum Gasteiger partial charge on any atom is 0.136 e. The highest BCUT2D eigenvalue weighted by Crippen LogP contribution is 2.40. The van der Waals surface area contributed by atoms with Crippen LogP contribution in [0, 0.1) is 12.8 Å². The first kappa shape index (κ1) is 12.2. The van der Waals surface area contributed by atoms with Gasteiger partial charge in [-0.15, -0.1) is 11.8 Å². The van der Waals surface area contributed by atoms with Gasteiger partial charge in [-0.3, -0.25) is 0 Å². The van der Waals surface area contributed by atoms with E-state index in [0.29, 0.717) is 17.0 Å². The van der Waals surface area contributed by atoms with Crippen LogP contribution in [0.5, 0.6) is 0 Å². The van der Waals surface area contributed by atoms with Gasteiger partial charge in [-0.1, -0.05) is 25.4 Å². The molecule has 0 aromatic carbocycles. The molecule has 4 heteroatoms. The molecular weight excluding hydrogens is 240 g/mol. The van der Waals surface area contributed by atoms with E-state index in [4.69, 9.17) is 11.6 Å². The fraction of sp³-hybridized carbons (Fsp3) is 0.667. The second-order valence-electron chi connectivity index (χ2n) is 4.78.